The molecule has 7 nitrogen and oxygen atoms in total. The summed E-state index contributed by atoms with van der Waals surface area (Å²) < 4.78 is 5.65. The molecule has 0 radical (unpaired) electrons. The molecule has 152 valence electrons. The van der Waals surface area contributed by atoms with Crippen molar-refractivity contribution in [3.05, 3.63) is 29.3 Å². The maximum Gasteiger partial charge on any atom is 0.244 e. The Bertz CT molecular complexity index is 749. The van der Waals surface area contributed by atoms with Crippen molar-refractivity contribution in [3.8, 4) is 0 Å². The van der Waals surface area contributed by atoms with Crippen LogP contribution in [0.1, 0.15) is 24.0 Å². The Morgan fingerprint density at radius 3 is 2.86 bits per heavy atom. The lowest BCUT2D eigenvalue weighted by molar-refractivity contribution is -0.140. The number of aryl methyl sites for hydroxylation is 1. The van der Waals surface area contributed by atoms with Crippen molar-refractivity contribution in [3.63, 3.8) is 0 Å². The van der Waals surface area contributed by atoms with Gasteiger partial charge in [-0.1, -0.05) is 12.1 Å². The number of anilines is 1. The molecule has 2 heterocycles. The number of carbonyl (C=O) groups excluding carboxylic acids is 3. The molecule has 8 heteroatoms. The predicted molar refractivity (Wildman–Crippen MR) is 109 cm³/mol. The predicted octanol–water partition coefficient (Wildman–Crippen LogP) is 1.78. The van der Waals surface area contributed by atoms with Crippen molar-refractivity contribution in [1.29, 1.82) is 0 Å². The summed E-state index contributed by atoms with van der Waals surface area (Å²) in [6.07, 6.45) is 1.78. The van der Waals surface area contributed by atoms with Crippen molar-refractivity contribution in [2.75, 3.05) is 43.2 Å². The largest absolute Gasteiger partial charge is 0.376 e. The van der Waals surface area contributed by atoms with E-state index in [1.54, 1.807) is 0 Å². The summed E-state index contributed by atoms with van der Waals surface area (Å²) in [6, 6.07) is 5.74. The van der Waals surface area contributed by atoms with Crippen LogP contribution in [0.5, 0.6) is 0 Å². The summed E-state index contributed by atoms with van der Waals surface area (Å²) in [5.74, 6) is 0.430. The average molecular weight is 406 g/mol. The van der Waals surface area contributed by atoms with Crippen molar-refractivity contribution in [2.24, 2.45) is 0 Å². The van der Waals surface area contributed by atoms with E-state index in [1.165, 1.54) is 21.6 Å². The molecule has 0 unspecified atom stereocenters. The lowest BCUT2D eigenvalue weighted by Crippen LogP contribution is -2.47. The van der Waals surface area contributed by atoms with Crippen molar-refractivity contribution >= 4 is 35.2 Å². The Morgan fingerprint density at radius 1 is 1.36 bits per heavy atom. The van der Waals surface area contributed by atoms with Gasteiger partial charge in [0, 0.05) is 18.8 Å². The Balaban J connectivity index is 1.65. The molecule has 2 aliphatic rings. The third-order valence-corrected chi connectivity index (χ3v) is 6.11. The molecule has 0 aliphatic carbocycles. The van der Waals surface area contributed by atoms with Gasteiger partial charge in [-0.25, -0.2) is 0 Å². The van der Waals surface area contributed by atoms with E-state index in [9.17, 15) is 14.4 Å². The van der Waals surface area contributed by atoms with E-state index in [-0.39, 0.29) is 36.9 Å². The Morgan fingerprint density at radius 2 is 2.18 bits per heavy atom. The number of amides is 3. The highest BCUT2D eigenvalue weighted by molar-refractivity contribution is 8.00. The van der Waals surface area contributed by atoms with E-state index < -0.39 is 0 Å². The molecule has 0 spiro atoms. The van der Waals surface area contributed by atoms with Gasteiger partial charge in [-0.15, -0.1) is 11.8 Å². The van der Waals surface area contributed by atoms with Crippen LogP contribution in [0.4, 0.5) is 5.69 Å². The lowest BCUT2D eigenvalue weighted by atomic mass is 10.1. The van der Waals surface area contributed by atoms with Crippen LogP contribution < -0.4 is 5.32 Å². The van der Waals surface area contributed by atoms with Gasteiger partial charge in [0.15, 0.2) is 0 Å². The molecular formula is C20H27N3O4S. The van der Waals surface area contributed by atoms with Crippen molar-refractivity contribution < 1.29 is 19.1 Å². The van der Waals surface area contributed by atoms with Gasteiger partial charge in [-0.3, -0.25) is 14.4 Å². The van der Waals surface area contributed by atoms with Crippen LogP contribution in [0.15, 0.2) is 18.2 Å². The van der Waals surface area contributed by atoms with Crippen LogP contribution in [-0.2, 0) is 19.1 Å². The van der Waals surface area contributed by atoms with E-state index in [0.29, 0.717) is 24.8 Å². The fraction of sp³-hybridized carbons (Fsp3) is 0.550. The van der Waals surface area contributed by atoms with Gasteiger partial charge in [0.1, 0.15) is 13.1 Å². The topological polar surface area (TPSA) is 79.0 Å². The molecular weight excluding hydrogens is 378 g/mol. The molecule has 2 saturated heterocycles. The molecule has 2 fully saturated rings. The highest BCUT2D eigenvalue weighted by atomic mass is 32.2. The zero-order chi connectivity index (χ0) is 20.1. The number of nitrogens with zero attached hydrogens (tertiary/aromatic N) is 2. The number of benzene rings is 1. The molecule has 0 bridgehead atoms. The molecule has 1 aromatic carbocycles. The molecule has 1 aromatic rings. The van der Waals surface area contributed by atoms with Gasteiger partial charge in [0.2, 0.25) is 17.7 Å². The van der Waals surface area contributed by atoms with Crippen LogP contribution in [0.3, 0.4) is 0 Å². The number of nitrogens with one attached hydrogen (secondary N) is 1. The summed E-state index contributed by atoms with van der Waals surface area (Å²) in [5.41, 5.74) is 2.85. The molecule has 1 atom stereocenters. The molecule has 0 saturated carbocycles. The fourth-order valence-corrected chi connectivity index (χ4v) is 4.25. The van der Waals surface area contributed by atoms with Crippen LogP contribution in [0.25, 0.3) is 0 Å². The first-order valence-corrected chi connectivity index (χ1v) is 10.7. The lowest BCUT2D eigenvalue weighted by Gasteiger charge is -2.27. The Kier molecular flexibility index (Phi) is 6.96. The van der Waals surface area contributed by atoms with Crippen LogP contribution >= 0.6 is 11.8 Å². The summed E-state index contributed by atoms with van der Waals surface area (Å²) >= 11 is 1.50. The Labute approximate surface area is 169 Å². The molecule has 3 rings (SSSR count). The number of ether oxygens (including phenoxy) is 1. The van der Waals surface area contributed by atoms with E-state index in [2.05, 4.69) is 5.32 Å². The minimum atomic E-state index is -0.248. The standard InChI is InChI=1S/C20H27N3O4S/c1-14-5-3-7-17(15(14)2)21-18(24)10-22(9-16-6-4-8-27-16)19(25)11-23-13-28-12-20(23)26/h3,5,7,16H,4,6,8-13H2,1-2H3,(H,21,24)/t16-/m1/s1. The average Bonchev–Trinajstić information content (AvgIpc) is 3.30. The van der Waals surface area contributed by atoms with Crippen molar-refractivity contribution in [2.45, 2.75) is 32.8 Å². The summed E-state index contributed by atoms with van der Waals surface area (Å²) in [4.78, 5) is 40.4. The molecule has 28 heavy (non-hydrogen) atoms. The fourth-order valence-electron chi connectivity index (χ4n) is 3.34. The monoisotopic (exact) mass is 405 g/mol. The molecule has 1 N–H and O–H groups in total. The zero-order valence-electron chi connectivity index (χ0n) is 16.4. The molecule has 0 aromatic heterocycles. The Hall–Kier alpha value is -2.06. The second kappa shape index (κ2) is 9.43. The summed E-state index contributed by atoms with van der Waals surface area (Å²) in [5, 5.41) is 2.91. The number of rotatable bonds is 7. The zero-order valence-corrected chi connectivity index (χ0v) is 17.2. The second-order valence-electron chi connectivity index (χ2n) is 7.27. The molecule has 2 aliphatic heterocycles. The van der Waals surface area contributed by atoms with E-state index in [1.807, 2.05) is 32.0 Å². The van der Waals surface area contributed by atoms with Gasteiger partial charge in [0.05, 0.1) is 17.7 Å². The van der Waals surface area contributed by atoms with E-state index >= 15 is 0 Å². The minimum Gasteiger partial charge on any atom is -0.376 e. The smallest absolute Gasteiger partial charge is 0.244 e. The first-order valence-electron chi connectivity index (χ1n) is 9.55. The van der Waals surface area contributed by atoms with Crippen molar-refractivity contribution in [1.82, 2.24) is 9.80 Å². The van der Waals surface area contributed by atoms with Gasteiger partial charge >= 0.3 is 0 Å². The van der Waals surface area contributed by atoms with Crippen LogP contribution in [0.2, 0.25) is 0 Å². The highest BCUT2D eigenvalue weighted by Gasteiger charge is 2.29. The number of hydrogen-bond acceptors (Lipinski definition) is 5. The maximum absolute atomic E-state index is 12.8. The second-order valence-corrected chi connectivity index (χ2v) is 8.23. The molecule has 3 amide bonds. The van der Waals surface area contributed by atoms with E-state index in [0.717, 1.165) is 29.7 Å². The first kappa shape index (κ1) is 20.7. The third-order valence-electron chi connectivity index (χ3n) is 5.17. The van der Waals surface area contributed by atoms with Crippen LogP contribution in [0, 0.1) is 13.8 Å². The van der Waals surface area contributed by atoms with Crippen LogP contribution in [-0.4, -0.2) is 71.5 Å². The SMILES string of the molecule is Cc1cccc(NC(=O)CN(C[C@H]2CCCO2)C(=O)CN2CSCC2=O)c1C. The highest BCUT2D eigenvalue weighted by Crippen LogP contribution is 2.19. The third kappa shape index (κ3) is 5.26. The van der Waals surface area contributed by atoms with E-state index in [4.69, 9.17) is 4.74 Å². The number of carbonyl (C=O) groups is 3. The number of hydrogen-bond donors (Lipinski definition) is 1. The van der Waals surface area contributed by atoms with Gasteiger partial charge in [-0.2, -0.15) is 0 Å². The normalized spacial score (nSPS) is 19.1. The number of thioether (sulfide) groups is 1. The van der Waals surface area contributed by atoms with Gasteiger partial charge < -0.3 is 19.9 Å². The quantitative estimate of drug-likeness (QED) is 0.748. The van der Waals surface area contributed by atoms with Gasteiger partial charge in [0.25, 0.3) is 0 Å². The summed E-state index contributed by atoms with van der Waals surface area (Å²) in [6.45, 7) is 4.95. The first-order chi connectivity index (χ1) is 13.4. The minimum absolute atomic E-state index is 0.00923. The van der Waals surface area contributed by atoms with Gasteiger partial charge in [-0.05, 0) is 43.9 Å². The maximum atomic E-state index is 12.8. The summed E-state index contributed by atoms with van der Waals surface area (Å²) in [7, 11) is 0.